The lowest BCUT2D eigenvalue weighted by atomic mass is 9.67. The lowest BCUT2D eigenvalue weighted by molar-refractivity contribution is -0.380. The number of rotatable bonds is 19. The van der Waals surface area contributed by atoms with E-state index < -0.39 is 5.79 Å². The fraction of sp³-hybridized carbons (Fsp3) is 0.838. The van der Waals surface area contributed by atoms with E-state index in [0.29, 0.717) is 13.2 Å². The van der Waals surface area contributed by atoms with Gasteiger partial charge < -0.3 is 18.9 Å². The first-order valence-corrected chi connectivity index (χ1v) is 17.8. The Bertz CT molecular complexity index is 953. The molecule has 3 aliphatic rings. The van der Waals surface area contributed by atoms with Crippen molar-refractivity contribution in [1.82, 2.24) is 5.06 Å². The summed E-state index contributed by atoms with van der Waals surface area (Å²) in [6.07, 6.45) is 17.8. The first-order valence-electron chi connectivity index (χ1n) is 17.8. The van der Waals surface area contributed by atoms with Crippen molar-refractivity contribution in [2.45, 2.75) is 174 Å². The Morgan fingerprint density at radius 2 is 1.49 bits per heavy atom. The highest BCUT2D eigenvalue weighted by molar-refractivity contribution is 5.28. The Balaban J connectivity index is 1.31. The molecule has 246 valence electrons. The molecule has 43 heavy (non-hydrogen) atoms. The molecule has 0 aromatic heterocycles. The monoisotopic (exact) mass is 601 g/mol. The SMILES string of the molecule is CCCCCCCCCCCCC1COC2(CC(C)(CC)N(OC(C)c3ccc(OCC4CO4)cc3)C(C)(CC)C2C)O1. The molecule has 0 bridgehead atoms. The second-order valence-electron chi connectivity index (χ2n) is 14.2. The summed E-state index contributed by atoms with van der Waals surface area (Å²) in [7, 11) is 0. The number of piperidine rings is 1. The topological polar surface area (TPSA) is 52.7 Å². The van der Waals surface area contributed by atoms with Crippen LogP contribution >= 0.6 is 0 Å². The van der Waals surface area contributed by atoms with Crippen molar-refractivity contribution in [2.75, 3.05) is 19.8 Å². The Kier molecular flexibility index (Phi) is 12.8. The van der Waals surface area contributed by atoms with Crippen LogP contribution in [0.2, 0.25) is 0 Å². The summed E-state index contributed by atoms with van der Waals surface area (Å²) in [5.74, 6) is 0.473. The van der Waals surface area contributed by atoms with Gasteiger partial charge in [0, 0.05) is 17.9 Å². The zero-order valence-corrected chi connectivity index (χ0v) is 28.6. The van der Waals surface area contributed by atoms with Gasteiger partial charge in [-0.25, -0.2) is 0 Å². The lowest BCUT2D eigenvalue weighted by Gasteiger charge is -2.62. The van der Waals surface area contributed by atoms with Crippen molar-refractivity contribution >= 4 is 0 Å². The van der Waals surface area contributed by atoms with E-state index in [-0.39, 0.29) is 35.3 Å². The average Bonchev–Trinajstić information content (AvgIpc) is 3.77. The summed E-state index contributed by atoms with van der Waals surface area (Å²) in [5.41, 5.74) is 0.686. The van der Waals surface area contributed by atoms with Gasteiger partial charge in [0.15, 0.2) is 5.79 Å². The number of epoxide rings is 1. The molecule has 0 aliphatic carbocycles. The van der Waals surface area contributed by atoms with Gasteiger partial charge in [0.1, 0.15) is 24.6 Å². The predicted octanol–water partition coefficient (Wildman–Crippen LogP) is 9.56. The maximum absolute atomic E-state index is 6.95. The largest absolute Gasteiger partial charge is 0.491 e. The van der Waals surface area contributed by atoms with E-state index >= 15 is 0 Å². The van der Waals surface area contributed by atoms with Crippen LogP contribution in [0.3, 0.4) is 0 Å². The van der Waals surface area contributed by atoms with E-state index in [4.69, 9.17) is 23.8 Å². The van der Waals surface area contributed by atoms with Gasteiger partial charge >= 0.3 is 0 Å². The number of hydroxylamine groups is 2. The van der Waals surface area contributed by atoms with Gasteiger partial charge in [0.25, 0.3) is 0 Å². The van der Waals surface area contributed by atoms with E-state index in [0.717, 1.165) is 43.6 Å². The first-order chi connectivity index (χ1) is 20.7. The second-order valence-corrected chi connectivity index (χ2v) is 14.2. The minimum absolute atomic E-state index is 0.0895. The van der Waals surface area contributed by atoms with E-state index in [2.05, 4.69) is 65.7 Å². The standard InChI is InChI=1S/C37H63NO5/c1-8-11-12-13-14-15-16-17-18-19-20-33-27-41-37(42-33)28-35(6,9-2)38(36(7,10-3)30(37)5)43-29(4)31-21-23-32(24-22-31)39-25-34-26-40-34/h21-24,29-30,33-34H,8-20,25-28H2,1-7H3. The van der Waals surface area contributed by atoms with Gasteiger partial charge in [-0.1, -0.05) is 104 Å². The van der Waals surface area contributed by atoms with Crippen molar-refractivity contribution in [2.24, 2.45) is 5.92 Å². The van der Waals surface area contributed by atoms with Gasteiger partial charge in [-0.2, -0.15) is 5.06 Å². The fourth-order valence-electron chi connectivity index (χ4n) is 7.30. The number of hydrogen-bond acceptors (Lipinski definition) is 6. The third kappa shape index (κ3) is 8.76. The molecule has 3 heterocycles. The van der Waals surface area contributed by atoms with E-state index in [9.17, 15) is 0 Å². The summed E-state index contributed by atoms with van der Waals surface area (Å²) in [5, 5.41) is 2.33. The highest BCUT2D eigenvalue weighted by Crippen LogP contribution is 2.55. The molecule has 1 spiro atoms. The van der Waals surface area contributed by atoms with Crippen LogP contribution in [0.4, 0.5) is 0 Å². The molecule has 0 N–H and O–H groups in total. The molecule has 0 radical (unpaired) electrons. The number of benzene rings is 1. The Labute approximate surface area is 263 Å². The average molecular weight is 602 g/mol. The van der Waals surface area contributed by atoms with E-state index in [1.165, 1.54) is 64.2 Å². The van der Waals surface area contributed by atoms with Crippen molar-refractivity contribution in [3.8, 4) is 5.75 Å². The van der Waals surface area contributed by atoms with Crippen LogP contribution in [0.1, 0.15) is 150 Å². The normalized spacial score (nSPS) is 33.2. The highest BCUT2D eigenvalue weighted by Gasteiger charge is 2.64. The van der Waals surface area contributed by atoms with Crippen molar-refractivity contribution < 1.29 is 23.8 Å². The summed E-state index contributed by atoms with van der Waals surface area (Å²) in [4.78, 5) is 6.94. The number of hydrogen-bond donors (Lipinski definition) is 0. The zero-order chi connectivity index (χ0) is 30.9. The van der Waals surface area contributed by atoms with E-state index in [1.54, 1.807) is 0 Å². The molecule has 4 rings (SSSR count). The predicted molar refractivity (Wildman–Crippen MR) is 174 cm³/mol. The molecule has 0 amide bonds. The fourth-order valence-corrected chi connectivity index (χ4v) is 7.30. The smallest absolute Gasteiger partial charge is 0.175 e. The maximum Gasteiger partial charge on any atom is 0.175 e. The minimum atomic E-state index is -0.563. The molecule has 6 heteroatoms. The van der Waals surface area contributed by atoms with Gasteiger partial charge in [0.05, 0.1) is 24.9 Å². The van der Waals surface area contributed by atoms with Crippen LogP contribution in [0.25, 0.3) is 0 Å². The Morgan fingerprint density at radius 3 is 2.07 bits per heavy atom. The summed E-state index contributed by atoms with van der Waals surface area (Å²) in [6.45, 7) is 18.1. The van der Waals surface area contributed by atoms with Crippen LogP contribution < -0.4 is 4.74 Å². The van der Waals surface area contributed by atoms with Crippen LogP contribution in [0, 0.1) is 5.92 Å². The molecule has 0 saturated carbocycles. The molecule has 1 aromatic rings. The Hall–Kier alpha value is -1.18. The third-order valence-corrected chi connectivity index (χ3v) is 10.9. The molecule has 1 aromatic carbocycles. The van der Waals surface area contributed by atoms with Gasteiger partial charge in [0.2, 0.25) is 0 Å². The summed E-state index contributed by atoms with van der Waals surface area (Å²) < 4.78 is 24.8. The van der Waals surface area contributed by atoms with E-state index in [1.807, 2.05) is 12.1 Å². The van der Waals surface area contributed by atoms with Crippen molar-refractivity contribution in [3.05, 3.63) is 29.8 Å². The molecule has 7 atom stereocenters. The van der Waals surface area contributed by atoms with Crippen LogP contribution in [-0.2, 0) is 19.0 Å². The van der Waals surface area contributed by atoms with Crippen LogP contribution in [0.5, 0.6) is 5.75 Å². The molecular formula is C37H63NO5. The van der Waals surface area contributed by atoms with Gasteiger partial charge in [-0.3, -0.25) is 4.84 Å². The quantitative estimate of drug-likeness (QED) is 0.116. The summed E-state index contributed by atoms with van der Waals surface area (Å²) >= 11 is 0. The lowest BCUT2D eigenvalue weighted by Crippen LogP contribution is -2.71. The van der Waals surface area contributed by atoms with Gasteiger partial charge in [-0.15, -0.1) is 0 Å². The third-order valence-electron chi connectivity index (χ3n) is 10.9. The number of unbranched alkanes of at least 4 members (excludes halogenated alkanes) is 9. The molecule has 3 fully saturated rings. The second kappa shape index (κ2) is 15.9. The van der Waals surface area contributed by atoms with Gasteiger partial charge in [-0.05, 0) is 57.7 Å². The minimum Gasteiger partial charge on any atom is -0.491 e. The zero-order valence-electron chi connectivity index (χ0n) is 28.6. The Morgan fingerprint density at radius 1 is 0.860 bits per heavy atom. The highest BCUT2D eigenvalue weighted by atomic mass is 16.8. The van der Waals surface area contributed by atoms with Crippen molar-refractivity contribution in [3.63, 3.8) is 0 Å². The summed E-state index contributed by atoms with van der Waals surface area (Å²) in [6, 6.07) is 8.32. The number of nitrogens with zero attached hydrogens (tertiary/aromatic N) is 1. The molecule has 6 nitrogen and oxygen atoms in total. The maximum atomic E-state index is 6.95. The van der Waals surface area contributed by atoms with Crippen LogP contribution in [0.15, 0.2) is 24.3 Å². The molecule has 7 unspecified atom stereocenters. The molecular weight excluding hydrogens is 538 g/mol. The van der Waals surface area contributed by atoms with Crippen LogP contribution in [-0.4, -0.2) is 54.0 Å². The van der Waals surface area contributed by atoms with Crippen molar-refractivity contribution in [1.29, 1.82) is 0 Å². The number of ether oxygens (including phenoxy) is 4. The molecule has 3 aliphatic heterocycles. The molecule has 3 saturated heterocycles. The first kappa shape index (κ1) is 34.7.